The van der Waals surface area contributed by atoms with E-state index in [1.165, 1.54) is 5.56 Å². The molecule has 0 aromatic heterocycles. The molecular formula is C16H23N3O3. The third kappa shape index (κ3) is 6.13. The fourth-order valence-electron chi connectivity index (χ4n) is 2.29. The van der Waals surface area contributed by atoms with Gasteiger partial charge >= 0.3 is 6.03 Å². The molecule has 120 valence electrons. The molecule has 0 unspecified atom stereocenters. The summed E-state index contributed by atoms with van der Waals surface area (Å²) < 4.78 is 5.40. The van der Waals surface area contributed by atoms with Crippen molar-refractivity contribution in [3.8, 4) is 0 Å². The minimum Gasteiger partial charge on any atom is -0.376 e. The summed E-state index contributed by atoms with van der Waals surface area (Å²) >= 11 is 0. The van der Waals surface area contributed by atoms with Gasteiger partial charge in [-0.2, -0.15) is 0 Å². The van der Waals surface area contributed by atoms with Crippen LogP contribution >= 0.6 is 0 Å². The zero-order valence-electron chi connectivity index (χ0n) is 12.6. The Bertz CT molecular complexity index is 473. The predicted molar refractivity (Wildman–Crippen MR) is 83.5 cm³/mol. The molecule has 0 spiro atoms. The standard InChI is InChI=1S/C16H23N3O3/c20-15(17-9-8-13-5-2-1-3-6-13)12-19-16(21)18-11-14-7-4-10-22-14/h1-3,5-6,14H,4,7-12H2,(H,17,20)(H2,18,19,21)/t14-/m0/s1. The summed E-state index contributed by atoms with van der Waals surface area (Å²) in [6, 6.07) is 9.59. The van der Waals surface area contributed by atoms with Gasteiger partial charge in [-0.3, -0.25) is 4.79 Å². The van der Waals surface area contributed by atoms with Crippen LogP contribution < -0.4 is 16.0 Å². The van der Waals surface area contributed by atoms with Crippen LogP contribution in [0.1, 0.15) is 18.4 Å². The summed E-state index contributed by atoms with van der Waals surface area (Å²) in [6.45, 7) is 1.79. The van der Waals surface area contributed by atoms with Crippen molar-refractivity contribution in [1.82, 2.24) is 16.0 Å². The molecule has 0 aliphatic carbocycles. The molecule has 1 heterocycles. The lowest BCUT2D eigenvalue weighted by molar-refractivity contribution is -0.120. The van der Waals surface area contributed by atoms with Crippen molar-refractivity contribution in [3.63, 3.8) is 0 Å². The number of benzene rings is 1. The van der Waals surface area contributed by atoms with Crippen molar-refractivity contribution in [3.05, 3.63) is 35.9 Å². The number of hydrogen-bond acceptors (Lipinski definition) is 3. The predicted octanol–water partition coefficient (Wildman–Crippen LogP) is 0.824. The maximum atomic E-state index is 11.6. The monoisotopic (exact) mass is 305 g/mol. The molecule has 1 aliphatic heterocycles. The maximum Gasteiger partial charge on any atom is 0.315 e. The highest BCUT2D eigenvalue weighted by Gasteiger charge is 2.16. The van der Waals surface area contributed by atoms with Crippen LogP contribution in [0.2, 0.25) is 0 Å². The van der Waals surface area contributed by atoms with E-state index in [2.05, 4.69) is 16.0 Å². The van der Waals surface area contributed by atoms with Gasteiger partial charge in [0.15, 0.2) is 0 Å². The van der Waals surface area contributed by atoms with Crippen molar-refractivity contribution in [2.45, 2.75) is 25.4 Å². The lowest BCUT2D eigenvalue weighted by atomic mass is 10.1. The molecule has 0 saturated carbocycles. The number of urea groups is 1. The molecule has 1 aromatic rings. The number of ether oxygens (including phenoxy) is 1. The Morgan fingerprint density at radius 1 is 1.14 bits per heavy atom. The van der Waals surface area contributed by atoms with Gasteiger partial charge in [-0.25, -0.2) is 4.79 Å². The molecule has 3 amide bonds. The van der Waals surface area contributed by atoms with Crippen LogP contribution in [0.5, 0.6) is 0 Å². The molecule has 6 heteroatoms. The van der Waals surface area contributed by atoms with Crippen molar-refractivity contribution in [2.75, 3.05) is 26.2 Å². The minimum atomic E-state index is -0.339. The molecule has 1 aliphatic rings. The van der Waals surface area contributed by atoms with Crippen molar-refractivity contribution in [2.24, 2.45) is 0 Å². The number of amides is 3. The highest BCUT2D eigenvalue weighted by molar-refractivity contribution is 5.83. The van der Waals surface area contributed by atoms with Crippen molar-refractivity contribution in [1.29, 1.82) is 0 Å². The van der Waals surface area contributed by atoms with E-state index in [4.69, 9.17) is 4.74 Å². The Morgan fingerprint density at radius 3 is 2.68 bits per heavy atom. The molecule has 3 N–H and O–H groups in total. The zero-order valence-corrected chi connectivity index (χ0v) is 12.6. The Labute approximate surface area is 130 Å². The van der Waals surface area contributed by atoms with E-state index in [1.807, 2.05) is 30.3 Å². The van der Waals surface area contributed by atoms with Crippen LogP contribution in [0.3, 0.4) is 0 Å². The van der Waals surface area contributed by atoms with Gasteiger partial charge in [0.25, 0.3) is 0 Å². The molecular weight excluding hydrogens is 282 g/mol. The number of nitrogens with one attached hydrogen (secondary N) is 3. The number of rotatable bonds is 7. The van der Waals surface area contributed by atoms with E-state index in [0.29, 0.717) is 13.1 Å². The average Bonchev–Trinajstić information content (AvgIpc) is 3.05. The van der Waals surface area contributed by atoms with E-state index in [9.17, 15) is 9.59 Å². The second kappa shape index (κ2) is 9.04. The first-order valence-corrected chi connectivity index (χ1v) is 7.68. The lowest BCUT2D eigenvalue weighted by Crippen LogP contribution is -2.44. The Kier molecular flexibility index (Phi) is 6.70. The molecule has 6 nitrogen and oxygen atoms in total. The van der Waals surface area contributed by atoms with Crippen LogP contribution in [-0.2, 0) is 16.0 Å². The molecule has 1 saturated heterocycles. The van der Waals surface area contributed by atoms with E-state index in [0.717, 1.165) is 25.9 Å². The highest BCUT2D eigenvalue weighted by atomic mass is 16.5. The largest absolute Gasteiger partial charge is 0.376 e. The molecule has 0 bridgehead atoms. The number of hydrogen-bond donors (Lipinski definition) is 3. The molecule has 1 aromatic carbocycles. The van der Waals surface area contributed by atoms with E-state index in [-0.39, 0.29) is 24.6 Å². The van der Waals surface area contributed by atoms with Crippen LogP contribution in [0.4, 0.5) is 4.79 Å². The summed E-state index contributed by atoms with van der Waals surface area (Å²) in [4.78, 5) is 23.2. The summed E-state index contributed by atoms with van der Waals surface area (Å²) in [5.41, 5.74) is 1.17. The van der Waals surface area contributed by atoms with Crippen LogP contribution in [0, 0.1) is 0 Å². The third-order valence-electron chi connectivity index (χ3n) is 3.50. The highest BCUT2D eigenvalue weighted by Crippen LogP contribution is 2.10. The minimum absolute atomic E-state index is 0.0217. The molecule has 1 atom stereocenters. The van der Waals surface area contributed by atoms with Gasteiger partial charge in [0, 0.05) is 19.7 Å². The van der Waals surface area contributed by atoms with Crippen LogP contribution in [0.25, 0.3) is 0 Å². The lowest BCUT2D eigenvalue weighted by Gasteiger charge is -2.11. The average molecular weight is 305 g/mol. The Balaban J connectivity index is 1.52. The van der Waals surface area contributed by atoms with Gasteiger partial charge in [-0.1, -0.05) is 30.3 Å². The quantitative estimate of drug-likeness (QED) is 0.698. The Morgan fingerprint density at radius 2 is 1.95 bits per heavy atom. The van der Waals surface area contributed by atoms with Gasteiger partial charge in [0.2, 0.25) is 5.91 Å². The van der Waals surface area contributed by atoms with Crippen molar-refractivity contribution < 1.29 is 14.3 Å². The normalized spacial score (nSPS) is 17.0. The molecule has 1 fully saturated rings. The number of carbonyl (C=O) groups is 2. The summed E-state index contributed by atoms with van der Waals surface area (Å²) in [6.07, 6.45) is 2.89. The fourth-order valence-corrected chi connectivity index (χ4v) is 2.29. The first-order valence-electron chi connectivity index (χ1n) is 7.68. The second-order valence-electron chi connectivity index (χ2n) is 5.28. The van der Waals surface area contributed by atoms with Crippen LogP contribution in [0.15, 0.2) is 30.3 Å². The first kappa shape index (κ1) is 16.3. The zero-order chi connectivity index (χ0) is 15.6. The summed E-state index contributed by atoms with van der Waals surface area (Å²) in [5, 5.41) is 8.02. The third-order valence-corrected chi connectivity index (χ3v) is 3.50. The van der Waals surface area contributed by atoms with Crippen molar-refractivity contribution >= 4 is 11.9 Å². The first-order chi connectivity index (χ1) is 10.7. The van der Waals surface area contributed by atoms with Gasteiger partial charge < -0.3 is 20.7 Å². The molecule has 22 heavy (non-hydrogen) atoms. The van der Waals surface area contributed by atoms with Gasteiger partial charge in [0.05, 0.1) is 12.6 Å². The maximum absolute atomic E-state index is 11.6. The molecule has 0 radical (unpaired) electrons. The van der Waals surface area contributed by atoms with Gasteiger partial charge in [-0.15, -0.1) is 0 Å². The molecule has 2 rings (SSSR count). The second-order valence-corrected chi connectivity index (χ2v) is 5.28. The SMILES string of the molecule is O=C(CNC(=O)NC[C@@H]1CCCO1)NCCc1ccccc1. The van der Waals surface area contributed by atoms with Crippen LogP contribution in [-0.4, -0.2) is 44.3 Å². The van der Waals surface area contributed by atoms with Gasteiger partial charge in [-0.05, 0) is 24.8 Å². The van der Waals surface area contributed by atoms with Gasteiger partial charge in [0.1, 0.15) is 0 Å². The van der Waals surface area contributed by atoms with E-state index < -0.39 is 0 Å². The summed E-state index contributed by atoms with van der Waals surface area (Å²) in [7, 11) is 0. The van der Waals surface area contributed by atoms with E-state index in [1.54, 1.807) is 0 Å². The smallest absolute Gasteiger partial charge is 0.315 e. The summed E-state index contributed by atoms with van der Waals surface area (Å²) in [5.74, 6) is -0.191. The number of carbonyl (C=O) groups excluding carboxylic acids is 2. The fraction of sp³-hybridized carbons (Fsp3) is 0.500. The van der Waals surface area contributed by atoms with E-state index >= 15 is 0 Å². The topological polar surface area (TPSA) is 79.5 Å². The Hall–Kier alpha value is -2.08.